The smallest absolute Gasteiger partial charge is 0.376 e. The molecule has 2 rings (SSSR count). The summed E-state index contributed by atoms with van der Waals surface area (Å²) in [5, 5.41) is 27.0. The molecule has 0 spiro atoms. The van der Waals surface area contributed by atoms with E-state index >= 15 is 0 Å². The fraction of sp³-hybridized carbons (Fsp3) is 0.214. The molecule has 0 amide bonds. The average molecular weight is 407 g/mol. The van der Waals surface area contributed by atoms with Crippen LogP contribution in [0.25, 0.3) is 0 Å². The Balaban J connectivity index is 1.99. The zero-order valence-electron chi connectivity index (χ0n) is 13.3. The first-order chi connectivity index (χ1) is 12.6. The molecular weight excluding hydrogens is 395 g/mol. The first kappa shape index (κ1) is 20.2. The van der Waals surface area contributed by atoms with Gasteiger partial charge in [0.1, 0.15) is 23.5 Å². The molecule has 0 aliphatic carbocycles. The Morgan fingerprint density at radius 2 is 1.74 bits per heavy atom. The van der Waals surface area contributed by atoms with Gasteiger partial charge in [0.25, 0.3) is 17.2 Å². The predicted octanol–water partition coefficient (Wildman–Crippen LogP) is 3.51. The number of nitro benzene ring substituents is 2. The molecule has 1 heterocycles. The van der Waals surface area contributed by atoms with E-state index < -0.39 is 33.0 Å². The molecule has 0 unspecified atom stereocenters. The molecule has 27 heavy (non-hydrogen) atoms. The lowest BCUT2D eigenvalue weighted by molar-refractivity contribution is -0.393. The zero-order valence-corrected chi connectivity index (χ0v) is 14.1. The fourth-order valence-electron chi connectivity index (χ4n) is 2.09. The Labute approximate surface area is 154 Å². The lowest BCUT2D eigenvalue weighted by Crippen LogP contribution is -2.21. The van der Waals surface area contributed by atoms with Gasteiger partial charge in [-0.3, -0.25) is 25.5 Å². The van der Waals surface area contributed by atoms with E-state index in [1.165, 1.54) is 6.07 Å². The first-order valence-electron chi connectivity index (χ1n) is 7.28. The summed E-state index contributed by atoms with van der Waals surface area (Å²) >= 11 is 5.78. The van der Waals surface area contributed by atoms with E-state index in [2.05, 4.69) is 15.6 Å². The third-order valence-corrected chi connectivity index (χ3v) is 3.65. The highest BCUT2D eigenvalue weighted by Crippen LogP contribution is 2.31. The summed E-state index contributed by atoms with van der Waals surface area (Å²) in [7, 11) is 0. The minimum absolute atomic E-state index is 0.0647. The SMILES string of the molecule is O=[N+]([O-])c1ccc(NCCNc2[nH+]cc(C(F)(F)F)cc2Cl)c([N+](=O)[O-])c1. The van der Waals surface area contributed by atoms with E-state index in [1.807, 2.05) is 0 Å². The van der Waals surface area contributed by atoms with Crippen LogP contribution < -0.4 is 15.6 Å². The number of halogens is 4. The van der Waals surface area contributed by atoms with Crippen LogP contribution in [0.15, 0.2) is 30.5 Å². The molecule has 0 atom stereocenters. The Morgan fingerprint density at radius 1 is 1.07 bits per heavy atom. The van der Waals surface area contributed by atoms with E-state index in [0.717, 1.165) is 24.4 Å². The second-order valence-corrected chi connectivity index (χ2v) is 5.59. The molecule has 144 valence electrons. The minimum Gasteiger partial charge on any atom is -0.376 e. The van der Waals surface area contributed by atoms with Crippen molar-refractivity contribution in [3.8, 4) is 0 Å². The highest BCUT2D eigenvalue weighted by molar-refractivity contribution is 6.32. The number of non-ortho nitro benzene ring substituents is 1. The number of nitrogens with zero attached hydrogens (tertiary/aromatic N) is 2. The van der Waals surface area contributed by atoms with Gasteiger partial charge in [-0.15, -0.1) is 0 Å². The normalized spacial score (nSPS) is 11.1. The number of anilines is 2. The molecule has 0 bridgehead atoms. The molecular formula is C14H12ClF3N5O4+. The van der Waals surface area contributed by atoms with Gasteiger partial charge >= 0.3 is 6.18 Å². The molecule has 0 saturated heterocycles. The molecule has 0 saturated carbocycles. The van der Waals surface area contributed by atoms with Gasteiger partial charge in [-0.2, -0.15) is 13.2 Å². The van der Waals surface area contributed by atoms with Crippen molar-refractivity contribution in [2.24, 2.45) is 0 Å². The second-order valence-electron chi connectivity index (χ2n) is 5.18. The summed E-state index contributed by atoms with van der Waals surface area (Å²) < 4.78 is 37.7. The van der Waals surface area contributed by atoms with Crippen LogP contribution >= 0.6 is 11.6 Å². The highest BCUT2D eigenvalue weighted by atomic mass is 35.5. The molecule has 1 aromatic heterocycles. The molecule has 0 radical (unpaired) electrons. The van der Waals surface area contributed by atoms with Gasteiger partial charge in [0.15, 0.2) is 0 Å². The van der Waals surface area contributed by atoms with Crippen molar-refractivity contribution < 1.29 is 28.0 Å². The number of aromatic nitrogens is 1. The molecule has 2 aromatic rings. The predicted molar refractivity (Wildman–Crippen MR) is 89.7 cm³/mol. The van der Waals surface area contributed by atoms with Gasteiger partial charge in [0.05, 0.1) is 28.0 Å². The maximum Gasteiger partial charge on any atom is 0.419 e. The van der Waals surface area contributed by atoms with Gasteiger partial charge in [0.2, 0.25) is 0 Å². The van der Waals surface area contributed by atoms with Crippen molar-refractivity contribution in [2.45, 2.75) is 6.18 Å². The van der Waals surface area contributed by atoms with E-state index in [9.17, 15) is 33.4 Å². The van der Waals surface area contributed by atoms with E-state index in [1.54, 1.807) is 0 Å². The lowest BCUT2D eigenvalue weighted by atomic mass is 10.2. The third kappa shape index (κ3) is 5.17. The molecule has 9 nitrogen and oxygen atoms in total. The van der Waals surface area contributed by atoms with Gasteiger partial charge in [-0.1, -0.05) is 11.6 Å². The summed E-state index contributed by atoms with van der Waals surface area (Å²) in [5.41, 5.74) is -1.76. The number of hydrogen-bond acceptors (Lipinski definition) is 6. The topological polar surface area (TPSA) is 124 Å². The van der Waals surface area contributed by atoms with Crippen LogP contribution in [0.2, 0.25) is 5.02 Å². The number of aromatic amines is 1. The van der Waals surface area contributed by atoms with Crippen molar-refractivity contribution in [3.63, 3.8) is 0 Å². The first-order valence-corrected chi connectivity index (χ1v) is 7.66. The van der Waals surface area contributed by atoms with Crippen LogP contribution in [-0.4, -0.2) is 22.9 Å². The van der Waals surface area contributed by atoms with Crippen LogP contribution in [0.3, 0.4) is 0 Å². The third-order valence-electron chi connectivity index (χ3n) is 3.35. The zero-order chi connectivity index (χ0) is 20.2. The summed E-state index contributed by atoms with van der Waals surface area (Å²) in [6.07, 6.45) is -3.78. The largest absolute Gasteiger partial charge is 0.419 e. The number of nitro groups is 2. The van der Waals surface area contributed by atoms with E-state index in [4.69, 9.17) is 11.6 Å². The Morgan fingerprint density at radius 3 is 2.30 bits per heavy atom. The van der Waals surface area contributed by atoms with Gasteiger partial charge in [-0.25, -0.2) is 4.98 Å². The Kier molecular flexibility index (Phi) is 6.00. The van der Waals surface area contributed by atoms with Crippen LogP contribution in [0.4, 0.5) is 36.1 Å². The molecule has 0 fully saturated rings. The quantitative estimate of drug-likeness (QED) is 0.412. The number of nitrogens with one attached hydrogen (secondary N) is 3. The maximum absolute atomic E-state index is 12.6. The molecule has 1 aromatic carbocycles. The monoisotopic (exact) mass is 406 g/mol. The number of rotatable bonds is 7. The van der Waals surface area contributed by atoms with Crippen LogP contribution in [0, 0.1) is 20.2 Å². The van der Waals surface area contributed by atoms with Crippen LogP contribution in [-0.2, 0) is 6.18 Å². The number of pyridine rings is 1. The summed E-state index contributed by atoms with van der Waals surface area (Å²) in [4.78, 5) is 22.6. The van der Waals surface area contributed by atoms with Crippen LogP contribution in [0.1, 0.15) is 5.56 Å². The molecule has 0 aliphatic rings. The number of H-pyrrole nitrogens is 1. The van der Waals surface area contributed by atoms with Crippen molar-refractivity contribution in [2.75, 3.05) is 23.7 Å². The summed E-state index contributed by atoms with van der Waals surface area (Å²) in [6, 6.07) is 3.90. The fourth-order valence-corrected chi connectivity index (χ4v) is 2.33. The number of benzene rings is 1. The molecule has 3 N–H and O–H groups in total. The van der Waals surface area contributed by atoms with Crippen molar-refractivity contribution in [1.82, 2.24) is 0 Å². The lowest BCUT2D eigenvalue weighted by Gasteiger charge is -2.08. The molecule has 13 heteroatoms. The standard InChI is InChI=1S/C14H11ClF3N5O4/c15-10-5-8(14(16,17)18)7-21-13(10)20-4-3-19-11-2-1-9(22(24)25)6-12(11)23(26)27/h1-2,5-7,19H,3-4H2,(H,20,21)/p+1. The number of alkyl halides is 3. The van der Waals surface area contributed by atoms with Gasteiger partial charge in [-0.05, 0) is 12.1 Å². The summed E-state index contributed by atoms with van der Waals surface area (Å²) in [6.45, 7) is 0.277. The highest BCUT2D eigenvalue weighted by Gasteiger charge is 2.32. The van der Waals surface area contributed by atoms with Crippen molar-refractivity contribution in [3.05, 3.63) is 61.3 Å². The molecule has 0 aliphatic heterocycles. The van der Waals surface area contributed by atoms with E-state index in [0.29, 0.717) is 0 Å². The van der Waals surface area contributed by atoms with Crippen molar-refractivity contribution in [1.29, 1.82) is 0 Å². The Bertz CT molecular complexity index is 878. The van der Waals surface area contributed by atoms with Crippen LogP contribution in [0.5, 0.6) is 0 Å². The van der Waals surface area contributed by atoms with E-state index in [-0.39, 0.29) is 29.6 Å². The van der Waals surface area contributed by atoms with Crippen molar-refractivity contribution >= 4 is 34.5 Å². The van der Waals surface area contributed by atoms with Gasteiger partial charge < -0.3 is 5.32 Å². The minimum atomic E-state index is -4.53. The maximum atomic E-state index is 12.6. The van der Waals surface area contributed by atoms with Gasteiger partial charge in [0, 0.05) is 6.07 Å². The number of hydrogen-bond donors (Lipinski definition) is 2. The second kappa shape index (κ2) is 8.03. The Hall–Kier alpha value is -3.15. The summed E-state index contributed by atoms with van der Waals surface area (Å²) in [5.74, 6) is 0.143. The average Bonchev–Trinajstić information content (AvgIpc) is 2.58.